The topological polar surface area (TPSA) is 50.2 Å². The second-order valence-electron chi connectivity index (χ2n) is 7.07. The van der Waals surface area contributed by atoms with Crippen molar-refractivity contribution in [3.63, 3.8) is 0 Å². The lowest BCUT2D eigenvalue weighted by Crippen LogP contribution is -2.30. The number of nitrogens with one attached hydrogen (secondary N) is 1. The van der Waals surface area contributed by atoms with Crippen LogP contribution in [0.5, 0.6) is 0 Å². The normalized spacial score (nSPS) is 11.0. The molecule has 1 amide bonds. The molecule has 0 atom stereocenters. The first kappa shape index (κ1) is 18.9. The van der Waals surface area contributed by atoms with E-state index in [1.165, 1.54) is 16.7 Å². The molecule has 0 bridgehead atoms. The van der Waals surface area contributed by atoms with Crippen molar-refractivity contribution < 1.29 is 4.79 Å². The van der Waals surface area contributed by atoms with Gasteiger partial charge in [-0.15, -0.1) is 0 Å². The fourth-order valence-electron chi connectivity index (χ4n) is 3.15. The minimum atomic E-state index is -0.0562. The molecule has 5 nitrogen and oxygen atoms in total. The molecule has 0 fully saturated rings. The number of hydrogen-bond acceptors (Lipinski definition) is 3. The Hall–Kier alpha value is -2.92. The van der Waals surface area contributed by atoms with E-state index in [0.29, 0.717) is 12.4 Å². The Kier molecular flexibility index (Phi) is 5.72. The SMILES string of the molecule is Cc1ccc(CN(C)CC(=O)Nc2cc(C)nn2-c2ccccc2)c(C)c1. The smallest absolute Gasteiger partial charge is 0.239 e. The molecule has 1 heterocycles. The van der Waals surface area contributed by atoms with Crippen LogP contribution in [0.25, 0.3) is 5.69 Å². The Bertz CT molecular complexity index is 931. The van der Waals surface area contributed by atoms with E-state index in [4.69, 9.17) is 0 Å². The van der Waals surface area contributed by atoms with Gasteiger partial charge in [0.2, 0.25) is 5.91 Å². The van der Waals surface area contributed by atoms with Crippen LogP contribution in [0, 0.1) is 20.8 Å². The second-order valence-corrected chi connectivity index (χ2v) is 7.07. The number of hydrogen-bond donors (Lipinski definition) is 1. The van der Waals surface area contributed by atoms with Gasteiger partial charge in [-0.3, -0.25) is 9.69 Å². The highest BCUT2D eigenvalue weighted by Crippen LogP contribution is 2.17. The molecule has 1 aromatic heterocycles. The van der Waals surface area contributed by atoms with Crippen LogP contribution in [0.1, 0.15) is 22.4 Å². The molecule has 2 aromatic carbocycles. The number of aryl methyl sites for hydroxylation is 3. The molecular formula is C22H26N4O. The molecule has 3 aromatic rings. The zero-order valence-corrected chi connectivity index (χ0v) is 16.4. The summed E-state index contributed by atoms with van der Waals surface area (Å²) in [6, 6.07) is 18.1. The number of likely N-dealkylation sites (N-methyl/N-ethyl adjacent to an activating group) is 1. The number of carbonyl (C=O) groups is 1. The Balaban J connectivity index is 1.66. The summed E-state index contributed by atoms with van der Waals surface area (Å²) in [5.74, 6) is 0.628. The van der Waals surface area contributed by atoms with E-state index in [1.807, 2.05) is 55.3 Å². The van der Waals surface area contributed by atoms with Crippen molar-refractivity contribution in [2.75, 3.05) is 18.9 Å². The molecule has 0 aliphatic rings. The van der Waals surface area contributed by atoms with Gasteiger partial charge >= 0.3 is 0 Å². The highest BCUT2D eigenvalue weighted by Gasteiger charge is 2.13. The lowest BCUT2D eigenvalue weighted by atomic mass is 10.1. The van der Waals surface area contributed by atoms with Gasteiger partial charge in [-0.25, -0.2) is 4.68 Å². The van der Waals surface area contributed by atoms with E-state index in [2.05, 4.69) is 42.5 Å². The average molecular weight is 362 g/mol. The quantitative estimate of drug-likeness (QED) is 0.724. The third kappa shape index (κ3) is 4.83. The number of anilines is 1. The lowest BCUT2D eigenvalue weighted by Gasteiger charge is -2.18. The predicted molar refractivity (Wildman–Crippen MR) is 109 cm³/mol. The molecule has 5 heteroatoms. The molecule has 27 heavy (non-hydrogen) atoms. The summed E-state index contributed by atoms with van der Waals surface area (Å²) < 4.78 is 1.76. The fourth-order valence-corrected chi connectivity index (χ4v) is 3.15. The van der Waals surface area contributed by atoms with Gasteiger partial charge in [0.1, 0.15) is 5.82 Å². The molecule has 0 radical (unpaired) electrons. The Morgan fingerprint density at radius 1 is 1.07 bits per heavy atom. The van der Waals surface area contributed by atoms with Crippen LogP contribution >= 0.6 is 0 Å². The number of aromatic nitrogens is 2. The number of carbonyl (C=O) groups excluding carboxylic acids is 1. The summed E-state index contributed by atoms with van der Waals surface area (Å²) >= 11 is 0. The molecule has 0 saturated heterocycles. The van der Waals surface area contributed by atoms with Crippen LogP contribution in [0.4, 0.5) is 5.82 Å². The Labute approximate surface area is 160 Å². The first-order valence-corrected chi connectivity index (χ1v) is 9.09. The minimum Gasteiger partial charge on any atom is -0.309 e. The zero-order chi connectivity index (χ0) is 19.4. The van der Waals surface area contributed by atoms with Crippen LogP contribution in [0.2, 0.25) is 0 Å². The molecule has 3 rings (SSSR count). The van der Waals surface area contributed by atoms with Crippen molar-refractivity contribution in [1.82, 2.24) is 14.7 Å². The summed E-state index contributed by atoms with van der Waals surface area (Å²) in [7, 11) is 1.96. The van der Waals surface area contributed by atoms with Gasteiger partial charge in [-0.2, -0.15) is 5.10 Å². The van der Waals surface area contributed by atoms with Gasteiger partial charge in [0.05, 0.1) is 17.9 Å². The van der Waals surface area contributed by atoms with Crippen LogP contribution in [0.3, 0.4) is 0 Å². The number of benzene rings is 2. The largest absolute Gasteiger partial charge is 0.309 e. The van der Waals surface area contributed by atoms with Gasteiger partial charge in [-0.1, -0.05) is 42.0 Å². The van der Waals surface area contributed by atoms with Crippen molar-refractivity contribution >= 4 is 11.7 Å². The molecule has 0 spiro atoms. The summed E-state index contributed by atoms with van der Waals surface area (Å²) in [4.78, 5) is 14.6. The maximum absolute atomic E-state index is 12.6. The average Bonchev–Trinajstić information content (AvgIpc) is 2.98. The van der Waals surface area contributed by atoms with E-state index in [-0.39, 0.29) is 5.91 Å². The third-order valence-electron chi connectivity index (χ3n) is 4.45. The van der Waals surface area contributed by atoms with Gasteiger partial charge in [0.15, 0.2) is 0 Å². The highest BCUT2D eigenvalue weighted by atomic mass is 16.2. The van der Waals surface area contributed by atoms with E-state index < -0.39 is 0 Å². The Morgan fingerprint density at radius 3 is 2.52 bits per heavy atom. The van der Waals surface area contributed by atoms with Crippen LogP contribution in [-0.2, 0) is 11.3 Å². The third-order valence-corrected chi connectivity index (χ3v) is 4.45. The minimum absolute atomic E-state index is 0.0562. The van der Waals surface area contributed by atoms with Crippen LogP contribution < -0.4 is 5.32 Å². The summed E-state index contributed by atoms with van der Waals surface area (Å²) in [5.41, 5.74) is 5.52. The molecule has 0 aliphatic carbocycles. The van der Waals surface area contributed by atoms with Gasteiger partial charge in [0.25, 0.3) is 0 Å². The fraction of sp³-hybridized carbons (Fsp3) is 0.273. The molecular weight excluding hydrogens is 336 g/mol. The molecule has 0 aliphatic heterocycles. The molecule has 140 valence electrons. The van der Waals surface area contributed by atoms with E-state index in [9.17, 15) is 4.79 Å². The maximum Gasteiger partial charge on any atom is 0.239 e. The van der Waals surface area contributed by atoms with Crippen LogP contribution in [0.15, 0.2) is 54.6 Å². The number of rotatable bonds is 6. The zero-order valence-electron chi connectivity index (χ0n) is 16.4. The first-order chi connectivity index (χ1) is 12.9. The van der Waals surface area contributed by atoms with Crippen molar-refractivity contribution in [2.45, 2.75) is 27.3 Å². The number of amides is 1. The monoisotopic (exact) mass is 362 g/mol. The summed E-state index contributed by atoms with van der Waals surface area (Å²) in [6.07, 6.45) is 0. The van der Waals surface area contributed by atoms with Gasteiger partial charge in [-0.05, 0) is 51.1 Å². The molecule has 1 N–H and O–H groups in total. The van der Waals surface area contributed by atoms with Crippen molar-refractivity contribution in [2.24, 2.45) is 0 Å². The number of nitrogens with zero attached hydrogens (tertiary/aromatic N) is 3. The van der Waals surface area contributed by atoms with Crippen LogP contribution in [-0.4, -0.2) is 34.2 Å². The van der Waals surface area contributed by atoms with E-state index in [0.717, 1.165) is 17.9 Å². The maximum atomic E-state index is 12.6. The van der Waals surface area contributed by atoms with E-state index in [1.54, 1.807) is 4.68 Å². The summed E-state index contributed by atoms with van der Waals surface area (Å²) in [6.45, 7) is 7.16. The molecule has 0 saturated carbocycles. The Morgan fingerprint density at radius 2 is 1.81 bits per heavy atom. The van der Waals surface area contributed by atoms with Gasteiger partial charge < -0.3 is 5.32 Å². The standard InChI is InChI=1S/C22H26N4O/c1-16-10-11-19(17(2)12-16)14-25(4)15-22(27)23-21-13-18(3)24-26(21)20-8-6-5-7-9-20/h5-13H,14-15H2,1-4H3,(H,23,27). The predicted octanol–water partition coefficient (Wildman–Crippen LogP) is 3.87. The lowest BCUT2D eigenvalue weighted by molar-refractivity contribution is -0.117. The summed E-state index contributed by atoms with van der Waals surface area (Å²) in [5, 5.41) is 7.48. The van der Waals surface area contributed by atoms with Crippen molar-refractivity contribution in [1.29, 1.82) is 0 Å². The van der Waals surface area contributed by atoms with Crippen molar-refractivity contribution in [3.05, 3.63) is 77.0 Å². The second kappa shape index (κ2) is 8.18. The molecule has 0 unspecified atom stereocenters. The van der Waals surface area contributed by atoms with Gasteiger partial charge in [0, 0.05) is 12.6 Å². The van der Waals surface area contributed by atoms with Crippen molar-refractivity contribution in [3.8, 4) is 5.69 Å². The first-order valence-electron chi connectivity index (χ1n) is 9.09. The van der Waals surface area contributed by atoms with E-state index >= 15 is 0 Å². The number of para-hydroxylation sites is 1. The highest BCUT2D eigenvalue weighted by molar-refractivity contribution is 5.91.